The van der Waals surface area contributed by atoms with Crippen LogP contribution >= 0.6 is 0 Å². The molecule has 6 atom stereocenters. The molecule has 2 aromatic heterocycles. The summed E-state index contributed by atoms with van der Waals surface area (Å²) in [6.07, 6.45) is 1.31. The van der Waals surface area contributed by atoms with Crippen molar-refractivity contribution >= 4 is 64.8 Å². The lowest BCUT2D eigenvalue weighted by Gasteiger charge is -2.16. The summed E-state index contributed by atoms with van der Waals surface area (Å²) >= 11 is 0. The number of aromatic nitrogens is 4. The van der Waals surface area contributed by atoms with Crippen LogP contribution in [0, 0.1) is 6.92 Å². The third-order valence-corrected chi connectivity index (χ3v) is 8.56. The number of nitrogen functional groups attached to an aromatic ring is 1. The first-order chi connectivity index (χ1) is 21.8. The van der Waals surface area contributed by atoms with Gasteiger partial charge in [0.1, 0.15) is 47.7 Å². The highest BCUT2D eigenvalue weighted by atomic mass is 32.3. The molecular weight excluding hydrogens is 733 g/mol. The Bertz CT molecular complexity index is 1780. The van der Waals surface area contributed by atoms with Crippen LogP contribution in [0.25, 0.3) is 11.2 Å². The molecule has 0 bridgehead atoms. The Hall–Kier alpha value is -3.12. The van der Waals surface area contributed by atoms with E-state index in [9.17, 15) is 23.4 Å². The number of aliphatic carboxylic acids is 1. The molecule has 1 fully saturated rings. The SMILES string of the molecule is C[S+](CCC(N)C(=O)O)CC1OC(n2cnc3c(N)ncnc32)C(O)C1O.Cc1ccc(S(=O)(=O)O)cc1.O=S(=O)(O)O.O=S(=O)(O)O. The first-order valence-electron chi connectivity index (χ1n) is 12.8. The van der Waals surface area contributed by atoms with E-state index in [0.29, 0.717) is 29.1 Å². The monoisotopic (exact) mass is 767 g/mol. The molecule has 3 aromatic rings. The molecule has 26 heteroatoms. The highest BCUT2D eigenvalue weighted by molar-refractivity contribution is 7.96. The van der Waals surface area contributed by atoms with Gasteiger partial charge in [0, 0.05) is 6.42 Å². The highest BCUT2D eigenvalue weighted by Gasteiger charge is 2.46. The van der Waals surface area contributed by atoms with E-state index in [-0.39, 0.29) is 21.6 Å². The van der Waals surface area contributed by atoms with Gasteiger partial charge >= 0.3 is 26.8 Å². The van der Waals surface area contributed by atoms with Crippen LogP contribution in [0.2, 0.25) is 0 Å². The predicted octanol–water partition coefficient (Wildman–Crippen LogP) is -1.99. The molecule has 1 aliphatic heterocycles. The fraction of sp³-hybridized carbons (Fsp3) is 0.455. The molecule has 6 unspecified atom stereocenters. The van der Waals surface area contributed by atoms with Crippen molar-refractivity contribution in [3.05, 3.63) is 42.5 Å². The van der Waals surface area contributed by atoms with Crippen molar-refractivity contribution in [2.24, 2.45) is 5.73 Å². The number of hydrogen-bond donors (Lipinski definition) is 10. The molecule has 1 aliphatic rings. The Morgan fingerprint density at radius 2 is 1.48 bits per heavy atom. The minimum absolute atomic E-state index is 0.0666. The van der Waals surface area contributed by atoms with Crippen LogP contribution in [-0.4, -0.2) is 131 Å². The Balaban J connectivity index is 0.000000447. The lowest BCUT2D eigenvalue weighted by molar-refractivity contribution is -0.138. The Kier molecular flexibility index (Phi) is 16.1. The van der Waals surface area contributed by atoms with Gasteiger partial charge in [-0.1, -0.05) is 17.7 Å². The predicted molar refractivity (Wildman–Crippen MR) is 168 cm³/mol. The molecule has 0 saturated carbocycles. The molecular formula is C22H35N6O16S4+. The molecule has 1 aromatic carbocycles. The summed E-state index contributed by atoms with van der Waals surface area (Å²) in [5.41, 5.74) is 13.1. The summed E-state index contributed by atoms with van der Waals surface area (Å²) in [5, 5.41) is 29.7. The molecule has 48 heavy (non-hydrogen) atoms. The summed E-state index contributed by atoms with van der Waals surface area (Å²) in [6.45, 7) is 1.84. The van der Waals surface area contributed by atoms with E-state index in [2.05, 4.69) is 15.0 Å². The number of ether oxygens (including phenoxy) is 1. The Morgan fingerprint density at radius 1 is 0.958 bits per heavy atom. The number of anilines is 1. The Morgan fingerprint density at radius 3 is 1.96 bits per heavy atom. The van der Waals surface area contributed by atoms with E-state index >= 15 is 0 Å². The van der Waals surface area contributed by atoms with Gasteiger partial charge in [0.05, 0.1) is 17.5 Å². The number of imidazole rings is 1. The second kappa shape index (κ2) is 18.0. The van der Waals surface area contributed by atoms with Gasteiger partial charge in [-0.25, -0.2) is 15.0 Å². The average molecular weight is 768 g/mol. The average Bonchev–Trinajstić information content (AvgIpc) is 3.47. The van der Waals surface area contributed by atoms with Crippen LogP contribution in [0.3, 0.4) is 0 Å². The van der Waals surface area contributed by atoms with Gasteiger partial charge in [-0.05, 0) is 30.0 Å². The number of nitrogens with zero attached hydrogens (tertiary/aromatic N) is 4. The summed E-state index contributed by atoms with van der Waals surface area (Å²) < 4.78 is 100. The molecule has 0 aliphatic carbocycles. The maximum absolute atomic E-state index is 10.8. The number of carbonyl (C=O) groups is 1. The van der Waals surface area contributed by atoms with Crippen LogP contribution in [0.5, 0.6) is 0 Å². The number of nitrogens with two attached hydrogens (primary N) is 2. The molecule has 0 amide bonds. The highest BCUT2D eigenvalue weighted by Crippen LogP contribution is 2.32. The minimum Gasteiger partial charge on any atom is -0.480 e. The van der Waals surface area contributed by atoms with Crippen molar-refractivity contribution in [2.45, 2.75) is 48.8 Å². The van der Waals surface area contributed by atoms with Crippen LogP contribution in [-0.2, 0) is 51.3 Å². The van der Waals surface area contributed by atoms with Crippen molar-refractivity contribution in [1.29, 1.82) is 0 Å². The van der Waals surface area contributed by atoms with Crippen molar-refractivity contribution < 1.29 is 72.9 Å². The molecule has 272 valence electrons. The molecule has 1 saturated heterocycles. The number of aliphatic hydroxyl groups excluding tert-OH is 2. The number of hydrogen-bond acceptors (Lipinski definition) is 15. The van der Waals surface area contributed by atoms with Crippen molar-refractivity contribution in [2.75, 3.05) is 23.5 Å². The summed E-state index contributed by atoms with van der Waals surface area (Å²) in [7, 11) is -13.6. The van der Waals surface area contributed by atoms with Crippen molar-refractivity contribution in [1.82, 2.24) is 19.5 Å². The van der Waals surface area contributed by atoms with Crippen molar-refractivity contribution in [3.8, 4) is 0 Å². The molecule has 12 N–H and O–H groups in total. The fourth-order valence-electron chi connectivity index (χ4n) is 3.68. The first-order valence-corrected chi connectivity index (χ1v) is 19.0. The topological polar surface area (TPSA) is 386 Å². The number of aliphatic hydroxyl groups is 2. The van der Waals surface area contributed by atoms with Gasteiger partial charge in [-0.3, -0.25) is 32.1 Å². The summed E-state index contributed by atoms with van der Waals surface area (Å²) in [4.78, 5) is 22.9. The van der Waals surface area contributed by atoms with Gasteiger partial charge < -0.3 is 31.5 Å². The number of rotatable bonds is 8. The van der Waals surface area contributed by atoms with E-state index in [0.717, 1.165) is 5.56 Å². The Labute approximate surface area is 277 Å². The van der Waals surface area contributed by atoms with Gasteiger partial charge in [0.2, 0.25) is 0 Å². The quantitative estimate of drug-likeness (QED) is 0.0876. The largest absolute Gasteiger partial charge is 0.480 e. The maximum atomic E-state index is 10.8. The fourth-order valence-corrected chi connectivity index (χ4v) is 5.82. The molecule has 4 rings (SSSR count). The minimum atomic E-state index is -4.67. The number of benzene rings is 1. The van der Waals surface area contributed by atoms with Gasteiger partial charge in [0.15, 0.2) is 17.7 Å². The molecule has 3 heterocycles. The van der Waals surface area contributed by atoms with Gasteiger partial charge in [-0.15, -0.1) is 0 Å². The summed E-state index contributed by atoms with van der Waals surface area (Å²) in [5.74, 6) is 0.254. The third kappa shape index (κ3) is 15.9. The first kappa shape index (κ1) is 42.9. The zero-order chi connectivity index (χ0) is 37.2. The third-order valence-electron chi connectivity index (χ3n) is 5.86. The number of aryl methyl sites for hydroxylation is 1. The normalized spacial score (nSPS) is 20.6. The zero-order valence-electron chi connectivity index (χ0n) is 24.9. The maximum Gasteiger partial charge on any atom is 0.394 e. The van der Waals surface area contributed by atoms with Crippen LogP contribution in [0.15, 0.2) is 41.8 Å². The van der Waals surface area contributed by atoms with Gasteiger partial charge in [-0.2, -0.15) is 25.3 Å². The standard InChI is InChI=1S/C15H22N6O5S.C7H8O3S.2H2O4S/c1-27(3-2-7(16)15(24)25)4-8-10(22)11(23)14(26-8)21-6-20-9-12(17)18-5-19-13(9)21;1-6-2-4-7(5-3-6)11(8,9)10;2*1-5(2,3)4/h5-8,10-11,14,22-23H,2-4,16H2,1H3,(H2-,17,18,19,24,25);2-5H,1H3,(H,8,9,10);2*(H2,1,2,3,4)/p+1. The van der Waals surface area contributed by atoms with Crippen LogP contribution in [0.4, 0.5) is 5.82 Å². The lowest BCUT2D eigenvalue weighted by Crippen LogP contribution is -2.37. The lowest BCUT2D eigenvalue weighted by atomic mass is 10.1. The molecule has 0 spiro atoms. The number of fused-ring (bicyclic) bond motifs is 1. The zero-order valence-corrected chi connectivity index (χ0v) is 28.2. The summed E-state index contributed by atoms with van der Waals surface area (Å²) in [6, 6.07) is 5.08. The van der Waals surface area contributed by atoms with E-state index in [4.69, 9.17) is 60.9 Å². The van der Waals surface area contributed by atoms with E-state index < -0.39 is 67.5 Å². The molecule has 22 nitrogen and oxygen atoms in total. The smallest absolute Gasteiger partial charge is 0.394 e. The van der Waals surface area contributed by atoms with Crippen LogP contribution in [0.1, 0.15) is 18.2 Å². The second-order valence-corrected chi connectivity index (χ2v) is 15.2. The number of carboxylic acid groups (broad SMARTS) is 1. The van der Waals surface area contributed by atoms with Crippen molar-refractivity contribution in [3.63, 3.8) is 0 Å². The molecule has 0 radical (unpaired) electrons. The second-order valence-electron chi connectivity index (χ2n) is 9.70. The van der Waals surface area contributed by atoms with E-state index in [1.165, 1.54) is 29.4 Å². The van der Waals surface area contributed by atoms with Crippen LogP contribution < -0.4 is 11.5 Å². The van der Waals surface area contributed by atoms with Gasteiger partial charge in [0.25, 0.3) is 10.1 Å². The van der Waals surface area contributed by atoms with E-state index in [1.807, 2.05) is 13.2 Å². The van der Waals surface area contributed by atoms with E-state index in [1.54, 1.807) is 12.1 Å². The number of carboxylic acids is 1.